The summed E-state index contributed by atoms with van der Waals surface area (Å²) in [6.45, 7) is 1.97. The number of hydrogen-bond acceptors (Lipinski definition) is 1. The molecule has 2 atom stereocenters. The number of nitrogens with one attached hydrogen (secondary N) is 2. The molecule has 2 aromatic rings. The Labute approximate surface area is 143 Å². The Balaban J connectivity index is 2.08. The fourth-order valence-electron chi connectivity index (χ4n) is 2.78. The molecule has 1 saturated heterocycles. The van der Waals surface area contributed by atoms with Gasteiger partial charge in [0.05, 0.1) is 11.6 Å². The average Bonchev–Trinajstić information content (AvgIpc) is 2.75. The van der Waals surface area contributed by atoms with E-state index in [1.165, 1.54) is 6.07 Å². The van der Waals surface area contributed by atoms with Gasteiger partial charge in [-0.3, -0.25) is 0 Å². The highest BCUT2D eigenvalue weighted by molar-refractivity contribution is 7.80. The van der Waals surface area contributed by atoms with Gasteiger partial charge in [-0.1, -0.05) is 41.4 Å². The zero-order valence-corrected chi connectivity index (χ0v) is 14.0. The van der Waals surface area contributed by atoms with Gasteiger partial charge in [0.15, 0.2) is 5.11 Å². The maximum Gasteiger partial charge on any atom is 0.167 e. The van der Waals surface area contributed by atoms with Crippen LogP contribution in [0.3, 0.4) is 0 Å². The Kier molecular flexibility index (Phi) is 4.02. The highest BCUT2D eigenvalue weighted by Crippen LogP contribution is 2.39. The molecule has 0 spiro atoms. The summed E-state index contributed by atoms with van der Waals surface area (Å²) < 4.78 is 14.3. The van der Waals surface area contributed by atoms with Crippen molar-refractivity contribution in [3.8, 4) is 0 Å². The van der Waals surface area contributed by atoms with Crippen LogP contribution in [0.25, 0.3) is 0 Å². The molecule has 2 nitrogen and oxygen atoms in total. The molecule has 1 aliphatic heterocycles. The molecule has 2 unspecified atom stereocenters. The van der Waals surface area contributed by atoms with Gasteiger partial charge in [-0.2, -0.15) is 0 Å². The van der Waals surface area contributed by atoms with Crippen LogP contribution in [0.2, 0.25) is 10.0 Å². The highest BCUT2D eigenvalue weighted by Gasteiger charge is 2.44. The van der Waals surface area contributed by atoms with E-state index < -0.39 is 5.54 Å². The zero-order chi connectivity index (χ0) is 15.9. The van der Waals surface area contributed by atoms with Crippen LogP contribution in [-0.2, 0) is 5.54 Å². The zero-order valence-electron chi connectivity index (χ0n) is 11.7. The van der Waals surface area contributed by atoms with Crippen LogP contribution in [0.4, 0.5) is 4.39 Å². The SMILES string of the molecule is CC1(c2ccc(Cl)cc2)NC(=S)NC1c1ccc(Cl)cc1F. The third kappa shape index (κ3) is 2.67. The van der Waals surface area contributed by atoms with Crippen LogP contribution >= 0.6 is 35.4 Å². The monoisotopic (exact) mass is 354 g/mol. The first-order valence-corrected chi connectivity index (χ1v) is 7.86. The molecule has 114 valence electrons. The van der Waals surface area contributed by atoms with Crippen molar-refractivity contribution < 1.29 is 4.39 Å². The van der Waals surface area contributed by atoms with Crippen LogP contribution in [0.1, 0.15) is 24.1 Å². The molecule has 6 heteroatoms. The largest absolute Gasteiger partial charge is 0.353 e. The first-order chi connectivity index (χ1) is 10.4. The van der Waals surface area contributed by atoms with Crippen LogP contribution < -0.4 is 10.6 Å². The minimum atomic E-state index is -0.587. The summed E-state index contributed by atoms with van der Waals surface area (Å²) in [5, 5.41) is 7.87. The van der Waals surface area contributed by atoms with E-state index in [2.05, 4.69) is 10.6 Å². The lowest BCUT2D eigenvalue weighted by Gasteiger charge is -2.31. The molecular formula is C16H13Cl2FN2S. The predicted molar refractivity (Wildman–Crippen MR) is 91.8 cm³/mol. The number of rotatable bonds is 2. The molecule has 3 rings (SSSR count). The Bertz CT molecular complexity index is 735. The van der Waals surface area contributed by atoms with Crippen molar-refractivity contribution in [1.29, 1.82) is 0 Å². The van der Waals surface area contributed by atoms with Gasteiger partial charge in [0, 0.05) is 15.6 Å². The summed E-state index contributed by atoms with van der Waals surface area (Å²) in [6, 6.07) is 11.7. The molecule has 2 aromatic carbocycles. The number of hydrogen-bond donors (Lipinski definition) is 2. The topological polar surface area (TPSA) is 24.1 Å². The standard InChI is InChI=1S/C16H13Cl2FN2S/c1-16(9-2-4-10(17)5-3-9)14(20-15(22)21-16)12-7-6-11(18)8-13(12)19/h2-8,14H,1H3,(H2,20,21,22). The normalized spacial score (nSPS) is 24.0. The van der Waals surface area contributed by atoms with Gasteiger partial charge in [0.2, 0.25) is 0 Å². The summed E-state index contributed by atoms with van der Waals surface area (Å²) in [6.07, 6.45) is 0. The van der Waals surface area contributed by atoms with Crippen molar-refractivity contribution in [3.05, 3.63) is 69.5 Å². The Hall–Kier alpha value is -1.36. The summed E-state index contributed by atoms with van der Waals surface area (Å²) in [4.78, 5) is 0. The van der Waals surface area contributed by atoms with Gasteiger partial charge in [0.25, 0.3) is 0 Å². The van der Waals surface area contributed by atoms with E-state index in [4.69, 9.17) is 35.4 Å². The quantitative estimate of drug-likeness (QED) is 0.772. The lowest BCUT2D eigenvalue weighted by Crippen LogP contribution is -2.39. The molecule has 0 amide bonds. The van der Waals surface area contributed by atoms with E-state index in [0.29, 0.717) is 20.7 Å². The van der Waals surface area contributed by atoms with Gasteiger partial charge in [-0.05, 0) is 49.0 Å². The minimum absolute atomic E-state index is 0.349. The predicted octanol–water partition coefficient (Wildman–Crippen LogP) is 4.57. The van der Waals surface area contributed by atoms with Crippen molar-refractivity contribution in [2.75, 3.05) is 0 Å². The van der Waals surface area contributed by atoms with Crippen molar-refractivity contribution >= 4 is 40.5 Å². The van der Waals surface area contributed by atoms with Crippen molar-refractivity contribution in [2.24, 2.45) is 0 Å². The first-order valence-electron chi connectivity index (χ1n) is 6.70. The molecule has 1 heterocycles. The van der Waals surface area contributed by atoms with Crippen LogP contribution in [0, 0.1) is 5.82 Å². The molecule has 0 saturated carbocycles. The smallest absolute Gasteiger partial charge is 0.167 e. The van der Waals surface area contributed by atoms with E-state index >= 15 is 0 Å². The van der Waals surface area contributed by atoms with Crippen molar-refractivity contribution in [1.82, 2.24) is 10.6 Å². The van der Waals surface area contributed by atoms with Gasteiger partial charge >= 0.3 is 0 Å². The third-order valence-electron chi connectivity index (χ3n) is 3.94. The molecular weight excluding hydrogens is 342 g/mol. The van der Waals surface area contributed by atoms with Crippen molar-refractivity contribution in [2.45, 2.75) is 18.5 Å². The number of halogens is 3. The molecule has 22 heavy (non-hydrogen) atoms. The van der Waals surface area contributed by atoms with Gasteiger partial charge in [-0.25, -0.2) is 4.39 Å². The maximum atomic E-state index is 14.3. The molecule has 1 fully saturated rings. The van der Waals surface area contributed by atoms with E-state index in [9.17, 15) is 4.39 Å². The molecule has 1 aliphatic rings. The van der Waals surface area contributed by atoms with Crippen LogP contribution in [-0.4, -0.2) is 5.11 Å². The van der Waals surface area contributed by atoms with E-state index in [0.717, 1.165) is 5.56 Å². The lowest BCUT2D eigenvalue weighted by atomic mass is 9.82. The fraction of sp³-hybridized carbons (Fsp3) is 0.188. The molecule has 0 bridgehead atoms. The summed E-state index contributed by atoms with van der Waals surface area (Å²) >= 11 is 17.0. The second-order valence-electron chi connectivity index (χ2n) is 5.41. The van der Waals surface area contributed by atoms with Gasteiger partial charge < -0.3 is 10.6 Å². The van der Waals surface area contributed by atoms with E-state index in [1.54, 1.807) is 24.3 Å². The third-order valence-corrected chi connectivity index (χ3v) is 4.65. The minimum Gasteiger partial charge on any atom is -0.353 e. The summed E-state index contributed by atoms with van der Waals surface area (Å²) in [5.41, 5.74) is 0.883. The highest BCUT2D eigenvalue weighted by atomic mass is 35.5. The van der Waals surface area contributed by atoms with Crippen molar-refractivity contribution in [3.63, 3.8) is 0 Å². The Morgan fingerprint density at radius 1 is 1.09 bits per heavy atom. The fourth-order valence-corrected chi connectivity index (χ4v) is 3.39. The lowest BCUT2D eigenvalue weighted by molar-refractivity contribution is 0.368. The summed E-state index contributed by atoms with van der Waals surface area (Å²) in [7, 11) is 0. The molecule has 0 radical (unpaired) electrons. The Morgan fingerprint density at radius 3 is 2.36 bits per heavy atom. The second kappa shape index (κ2) is 5.69. The van der Waals surface area contributed by atoms with E-state index in [-0.39, 0.29) is 11.9 Å². The number of benzene rings is 2. The van der Waals surface area contributed by atoms with Crippen LogP contribution in [0.5, 0.6) is 0 Å². The van der Waals surface area contributed by atoms with Crippen LogP contribution in [0.15, 0.2) is 42.5 Å². The molecule has 2 N–H and O–H groups in total. The second-order valence-corrected chi connectivity index (χ2v) is 6.69. The first kappa shape index (κ1) is 15.5. The van der Waals surface area contributed by atoms with Gasteiger partial charge in [0.1, 0.15) is 5.82 Å². The Morgan fingerprint density at radius 2 is 1.73 bits per heavy atom. The summed E-state index contributed by atoms with van der Waals surface area (Å²) in [5.74, 6) is -0.364. The van der Waals surface area contributed by atoms with E-state index in [1.807, 2.05) is 19.1 Å². The molecule has 0 aliphatic carbocycles. The maximum absolute atomic E-state index is 14.3. The van der Waals surface area contributed by atoms with Gasteiger partial charge in [-0.15, -0.1) is 0 Å². The average molecular weight is 355 g/mol. The number of thiocarbonyl (C=S) groups is 1. The molecule has 0 aromatic heterocycles.